The highest BCUT2D eigenvalue weighted by atomic mass is 16.4. The minimum Gasteiger partial charge on any atom is -0.481 e. The zero-order chi connectivity index (χ0) is 41.4. The standard InChI is InChI=1S/C29H48N8O17/c1-11(42)20(35-25(49)16(9-40)32-23(47)14(7-38)31-22(46)13(30)6-19(44)45)28(52)37-5-3-4-18(37)27(51)34-15(8-39)24(48)33-17(10-41)26(50)36-21(12(2)43)29(53)54/h11-18,20-21,38-43H,3-10,30H2,1-2H3,(H,31,46)(H,32,47)(H,33,48)(H,34,51)(H,35,49)(H,36,50)(H,44,45)(H,53,54)/t11-,12-,13+,14+,15+,16+,17+,18+,20+,21+/m1/s1. The first-order valence-electron chi connectivity index (χ1n) is 16.4. The minimum atomic E-state index is -1.83. The summed E-state index contributed by atoms with van der Waals surface area (Å²) in [5.74, 6) is -11.1. The van der Waals surface area contributed by atoms with Gasteiger partial charge in [0.25, 0.3) is 0 Å². The van der Waals surface area contributed by atoms with Crippen LogP contribution in [0.2, 0.25) is 0 Å². The number of amides is 7. The van der Waals surface area contributed by atoms with Crippen molar-refractivity contribution in [2.45, 2.75) is 93.7 Å². The largest absolute Gasteiger partial charge is 0.481 e. The van der Waals surface area contributed by atoms with Crippen molar-refractivity contribution in [1.82, 2.24) is 36.8 Å². The second kappa shape index (κ2) is 22.2. The molecule has 7 amide bonds. The zero-order valence-corrected chi connectivity index (χ0v) is 29.2. The number of aliphatic carboxylic acids is 2. The monoisotopic (exact) mass is 780 g/mol. The van der Waals surface area contributed by atoms with E-state index in [0.29, 0.717) is 0 Å². The van der Waals surface area contributed by atoms with Gasteiger partial charge in [0.1, 0.15) is 36.3 Å². The Labute approximate surface area is 306 Å². The molecule has 1 heterocycles. The lowest BCUT2D eigenvalue weighted by Crippen LogP contribution is -2.62. The van der Waals surface area contributed by atoms with E-state index in [1.54, 1.807) is 0 Å². The number of nitrogens with zero attached hydrogens (tertiary/aromatic N) is 1. The minimum absolute atomic E-state index is 0.00484. The third-order valence-electron chi connectivity index (χ3n) is 7.92. The van der Waals surface area contributed by atoms with Gasteiger partial charge in [-0.1, -0.05) is 0 Å². The summed E-state index contributed by atoms with van der Waals surface area (Å²) in [7, 11) is 0. The third kappa shape index (κ3) is 13.7. The van der Waals surface area contributed by atoms with Crippen LogP contribution in [-0.4, -0.2) is 193 Å². The average molecular weight is 781 g/mol. The Morgan fingerprint density at radius 2 is 1.02 bits per heavy atom. The molecule has 10 atom stereocenters. The molecule has 0 saturated carbocycles. The van der Waals surface area contributed by atoms with E-state index in [9.17, 15) is 73.8 Å². The van der Waals surface area contributed by atoms with E-state index in [1.165, 1.54) is 0 Å². The molecule has 0 unspecified atom stereocenters. The van der Waals surface area contributed by atoms with Crippen LogP contribution in [0, 0.1) is 0 Å². The molecule has 1 aliphatic rings. The zero-order valence-electron chi connectivity index (χ0n) is 29.2. The van der Waals surface area contributed by atoms with E-state index in [0.717, 1.165) is 18.7 Å². The summed E-state index contributed by atoms with van der Waals surface area (Å²) in [6, 6.07) is -13.7. The van der Waals surface area contributed by atoms with Gasteiger partial charge in [-0.25, -0.2) is 4.79 Å². The quantitative estimate of drug-likeness (QED) is 0.0485. The molecular formula is C29H48N8O17. The molecule has 0 aromatic rings. The first-order chi connectivity index (χ1) is 25.2. The molecule has 1 fully saturated rings. The van der Waals surface area contributed by atoms with Gasteiger partial charge in [-0.05, 0) is 26.7 Å². The number of hydrogen-bond donors (Lipinski definition) is 15. The lowest BCUT2D eigenvalue weighted by molar-refractivity contribution is -0.145. The van der Waals surface area contributed by atoms with Gasteiger partial charge in [-0.2, -0.15) is 0 Å². The van der Waals surface area contributed by atoms with E-state index < -0.39 is 147 Å². The van der Waals surface area contributed by atoms with Crippen molar-refractivity contribution in [3.05, 3.63) is 0 Å². The Balaban J connectivity index is 3.02. The SMILES string of the molecule is C[C@@H](O)[C@H](NC(=O)[C@H](CO)NC(=O)[C@H](CO)NC(=O)[C@@H]1CCCN1C(=O)[C@@H](NC(=O)[C@H](CO)NC(=O)[C@H](CO)NC(=O)[C@@H](N)CC(=O)O)[C@@H](C)O)C(=O)O. The number of hydrogen-bond acceptors (Lipinski definition) is 16. The van der Waals surface area contributed by atoms with Crippen LogP contribution >= 0.6 is 0 Å². The highest BCUT2D eigenvalue weighted by Crippen LogP contribution is 2.20. The van der Waals surface area contributed by atoms with E-state index in [-0.39, 0.29) is 19.4 Å². The summed E-state index contributed by atoms with van der Waals surface area (Å²) in [4.78, 5) is 113. The number of carboxylic acid groups (broad SMARTS) is 2. The van der Waals surface area contributed by atoms with Crippen LogP contribution in [0.1, 0.15) is 33.1 Å². The second-order valence-electron chi connectivity index (χ2n) is 12.2. The molecule has 0 bridgehead atoms. The number of rotatable bonds is 22. The third-order valence-corrected chi connectivity index (χ3v) is 7.92. The Morgan fingerprint density at radius 3 is 1.41 bits per heavy atom. The molecule has 0 aliphatic carbocycles. The number of nitrogens with two attached hydrogens (primary N) is 1. The van der Waals surface area contributed by atoms with Crippen molar-refractivity contribution in [2.24, 2.45) is 5.73 Å². The van der Waals surface area contributed by atoms with Crippen molar-refractivity contribution in [3.8, 4) is 0 Å². The highest BCUT2D eigenvalue weighted by molar-refractivity contribution is 5.98. The van der Waals surface area contributed by atoms with Crippen molar-refractivity contribution < 1.29 is 84.0 Å². The number of carbonyl (C=O) groups is 9. The molecule has 0 spiro atoms. The number of carboxylic acids is 2. The van der Waals surface area contributed by atoms with Crippen LogP contribution in [0.3, 0.4) is 0 Å². The normalized spacial score (nSPS) is 18.9. The average Bonchev–Trinajstić information content (AvgIpc) is 3.60. The Kier molecular flexibility index (Phi) is 19.3. The molecule has 25 nitrogen and oxygen atoms in total. The maximum absolute atomic E-state index is 13.5. The Bertz CT molecular complexity index is 1380. The van der Waals surface area contributed by atoms with Crippen molar-refractivity contribution in [2.75, 3.05) is 33.0 Å². The molecule has 1 saturated heterocycles. The number of aliphatic hydroxyl groups excluding tert-OH is 6. The van der Waals surface area contributed by atoms with E-state index >= 15 is 0 Å². The van der Waals surface area contributed by atoms with Crippen LogP contribution in [0.5, 0.6) is 0 Å². The van der Waals surface area contributed by atoms with Crippen molar-refractivity contribution in [3.63, 3.8) is 0 Å². The maximum atomic E-state index is 13.5. The predicted molar refractivity (Wildman–Crippen MR) is 176 cm³/mol. The molecule has 54 heavy (non-hydrogen) atoms. The summed E-state index contributed by atoms with van der Waals surface area (Å²) in [6.07, 6.45) is -3.82. The molecule has 306 valence electrons. The molecule has 1 aliphatic heterocycles. The first kappa shape index (κ1) is 47.0. The second-order valence-corrected chi connectivity index (χ2v) is 12.2. The fourth-order valence-corrected chi connectivity index (χ4v) is 4.92. The predicted octanol–water partition coefficient (Wildman–Crippen LogP) is -9.50. The fraction of sp³-hybridized carbons (Fsp3) is 0.690. The van der Waals surface area contributed by atoms with Gasteiger partial charge in [-0.3, -0.25) is 38.4 Å². The smallest absolute Gasteiger partial charge is 0.328 e. The first-order valence-corrected chi connectivity index (χ1v) is 16.4. The van der Waals surface area contributed by atoms with Gasteiger partial charge in [0.2, 0.25) is 41.4 Å². The van der Waals surface area contributed by atoms with Crippen molar-refractivity contribution >= 4 is 53.3 Å². The van der Waals surface area contributed by atoms with Gasteiger partial charge in [0.15, 0.2) is 6.04 Å². The molecular weight excluding hydrogens is 732 g/mol. The molecule has 0 aromatic heterocycles. The summed E-state index contributed by atoms with van der Waals surface area (Å²) in [5.41, 5.74) is 5.43. The van der Waals surface area contributed by atoms with Gasteiger partial charge >= 0.3 is 11.9 Å². The van der Waals surface area contributed by atoms with Crippen LogP contribution in [0.25, 0.3) is 0 Å². The molecule has 25 heteroatoms. The molecule has 0 aromatic carbocycles. The molecule has 0 radical (unpaired) electrons. The van der Waals surface area contributed by atoms with E-state index in [2.05, 4.69) is 10.6 Å². The van der Waals surface area contributed by atoms with Crippen LogP contribution in [0.15, 0.2) is 0 Å². The topological polar surface area (TPSA) is 417 Å². The van der Waals surface area contributed by atoms with E-state index in [4.69, 9.17) is 15.9 Å². The number of aliphatic hydroxyl groups is 6. The van der Waals surface area contributed by atoms with Crippen LogP contribution < -0.4 is 37.6 Å². The van der Waals surface area contributed by atoms with Crippen LogP contribution in [0.4, 0.5) is 0 Å². The number of nitrogens with one attached hydrogen (secondary N) is 6. The van der Waals surface area contributed by atoms with Gasteiger partial charge in [0.05, 0.1) is 51.1 Å². The van der Waals surface area contributed by atoms with Gasteiger partial charge in [0, 0.05) is 6.54 Å². The number of likely N-dealkylation sites (tertiary alicyclic amines) is 1. The summed E-state index contributed by atoms with van der Waals surface area (Å²) < 4.78 is 0. The molecule has 1 rings (SSSR count). The maximum Gasteiger partial charge on any atom is 0.328 e. The van der Waals surface area contributed by atoms with Gasteiger partial charge in [-0.15, -0.1) is 0 Å². The fourth-order valence-electron chi connectivity index (χ4n) is 4.92. The van der Waals surface area contributed by atoms with E-state index in [1.807, 2.05) is 21.3 Å². The van der Waals surface area contributed by atoms with Gasteiger partial charge < -0.3 is 83.4 Å². The Hall–Kier alpha value is -5.05. The molecule has 16 N–H and O–H groups in total. The summed E-state index contributed by atoms with van der Waals surface area (Å²) in [5, 5.41) is 88.9. The highest BCUT2D eigenvalue weighted by Gasteiger charge is 2.41. The summed E-state index contributed by atoms with van der Waals surface area (Å²) in [6.45, 7) is -2.20. The van der Waals surface area contributed by atoms with Crippen molar-refractivity contribution in [1.29, 1.82) is 0 Å². The Morgan fingerprint density at radius 1 is 0.630 bits per heavy atom. The lowest BCUT2D eigenvalue weighted by Gasteiger charge is -2.31. The lowest BCUT2D eigenvalue weighted by atomic mass is 10.1. The number of carbonyl (C=O) groups excluding carboxylic acids is 7. The summed E-state index contributed by atoms with van der Waals surface area (Å²) >= 11 is 0. The van der Waals surface area contributed by atoms with Crippen LogP contribution in [-0.2, 0) is 43.2 Å².